The van der Waals surface area contributed by atoms with Gasteiger partial charge in [0.15, 0.2) is 0 Å². The Labute approximate surface area is 128 Å². The Bertz CT molecular complexity index is 787. The predicted molar refractivity (Wildman–Crippen MR) is 82.7 cm³/mol. The fraction of sp³-hybridized carbons (Fsp3) is 0.118. The zero-order valence-electron chi connectivity index (χ0n) is 11.9. The van der Waals surface area contributed by atoms with Gasteiger partial charge in [-0.25, -0.2) is 0 Å². The molecule has 0 unspecified atom stereocenters. The summed E-state index contributed by atoms with van der Waals surface area (Å²) in [7, 11) is 0. The number of nitrogens with one attached hydrogen (secondary N) is 1. The van der Waals surface area contributed by atoms with Gasteiger partial charge in [0.25, 0.3) is 5.91 Å². The third-order valence-corrected chi connectivity index (χ3v) is 3.24. The van der Waals surface area contributed by atoms with E-state index in [1.165, 1.54) is 6.08 Å². The molecule has 22 heavy (non-hydrogen) atoms. The second-order valence-corrected chi connectivity index (χ2v) is 4.74. The molecule has 0 atom stereocenters. The summed E-state index contributed by atoms with van der Waals surface area (Å²) in [5, 5.41) is 27.1. The number of carbonyl (C=O) groups is 1. The van der Waals surface area contributed by atoms with E-state index >= 15 is 0 Å². The number of carbonyl (C=O) groups excluding carboxylic acids is 1. The highest BCUT2D eigenvalue weighted by atomic mass is 16.3. The Morgan fingerprint density at radius 3 is 2.64 bits per heavy atom. The molecule has 0 aromatic heterocycles. The van der Waals surface area contributed by atoms with Crippen molar-refractivity contribution in [3.8, 4) is 18.4 Å². The summed E-state index contributed by atoms with van der Waals surface area (Å²) in [4.78, 5) is 13.2. The predicted octanol–water partition coefficient (Wildman–Crippen LogP) is 2.17. The molecule has 0 aliphatic carbocycles. The van der Waals surface area contributed by atoms with Crippen LogP contribution < -0.4 is 0 Å². The van der Waals surface area contributed by atoms with E-state index in [4.69, 9.17) is 17.1 Å². The van der Waals surface area contributed by atoms with Crippen LogP contribution in [0.4, 0.5) is 0 Å². The molecule has 2 rings (SSSR count). The molecule has 0 saturated heterocycles. The average Bonchev–Trinajstić information content (AvgIpc) is 2.72. The second kappa shape index (κ2) is 5.99. The Morgan fingerprint density at radius 1 is 1.45 bits per heavy atom. The van der Waals surface area contributed by atoms with Crippen LogP contribution in [0.3, 0.4) is 0 Å². The molecule has 0 spiro atoms. The molecule has 1 aromatic carbocycles. The lowest BCUT2D eigenvalue weighted by molar-refractivity contribution is -0.122. The number of nitriles is 1. The van der Waals surface area contributed by atoms with Gasteiger partial charge in [-0.05, 0) is 13.0 Å². The Hall–Kier alpha value is -3.31. The van der Waals surface area contributed by atoms with E-state index in [0.29, 0.717) is 5.56 Å². The van der Waals surface area contributed by atoms with E-state index in [1.54, 1.807) is 12.1 Å². The first-order valence-electron chi connectivity index (χ1n) is 6.46. The largest absolute Gasteiger partial charge is 0.507 e. The summed E-state index contributed by atoms with van der Waals surface area (Å²) in [6.07, 6.45) is 6.37. The number of terminal acetylenes is 1. The van der Waals surface area contributed by atoms with E-state index < -0.39 is 5.91 Å². The lowest BCUT2D eigenvalue weighted by atomic mass is 10.1. The lowest BCUT2D eigenvalue weighted by Gasteiger charge is -2.11. The molecule has 0 bridgehead atoms. The highest BCUT2D eigenvalue weighted by Crippen LogP contribution is 2.24. The molecule has 1 aromatic rings. The maximum Gasteiger partial charge on any atom is 0.261 e. The van der Waals surface area contributed by atoms with Crippen LogP contribution in [0, 0.1) is 36.0 Å². The van der Waals surface area contributed by atoms with Crippen LogP contribution in [0.25, 0.3) is 5.76 Å². The molecule has 2 N–H and O–H groups in total. The molecule has 0 radical (unpaired) electrons. The van der Waals surface area contributed by atoms with E-state index in [9.17, 15) is 9.90 Å². The van der Waals surface area contributed by atoms with Crippen molar-refractivity contribution >= 4 is 17.5 Å². The summed E-state index contributed by atoms with van der Waals surface area (Å²) in [6, 6.07) is 8.87. The molecule has 1 heterocycles. The number of amides is 1. The van der Waals surface area contributed by atoms with Crippen LogP contribution in [-0.4, -0.2) is 28.3 Å². The molecule has 108 valence electrons. The number of rotatable bonds is 3. The monoisotopic (exact) mass is 291 g/mol. The molecule has 5 heteroatoms. The molecular weight excluding hydrogens is 278 g/mol. The van der Waals surface area contributed by atoms with Crippen molar-refractivity contribution in [2.24, 2.45) is 0 Å². The zero-order valence-corrected chi connectivity index (χ0v) is 11.9. The fourth-order valence-corrected chi connectivity index (χ4v) is 2.05. The minimum absolute atomic E-state index is 0.0270. The van der Waals surface area contributed by atoms with Crippen molar-refractivity contribution in [2.45, 2.75) is 6.92 Å². The number of aliphatic hydroxyl groups is 1. The second-order valence-electron chi connectivity index (χ2n) is 4.74. The molecule has 1 aliphatic heterocycles. The maximum atomic E-state index is 12.2. The molecule has 0 saturated carbocycles. The van der Waals surface area contributed by atoms with E-state index in [2.05, 4.69) is 5.92 Å². The van der Waals surface area contributed by atoms with Crippen molar-refractivity contribution in [3.63, 3.8) is 0 Å². The van der Waals surface area contributed by atoms with Gasteiger partial charge in [-0.2, -0.15) is 5.26 Å². The van der Waals surface area contributed by atoms with Gasteiger partial charge < -0.3 is 5.11 Å². The van der Waals surface area contributed by atoms with Gasteiger partial charge in [-0.15, -0.1) is 6.42 Å². The van der Waals surface area contributed by atoms with Crippen LogP contribution in [0.1, 0.15) is 11.1 Å². The number of hydrogen-bond acceptors (Lipinski definition) is 4. The van der Waals surface area contributed by atoms with Gasteiger partial charge in [0.2, 0.25) is 0 Å². The number of aryl methyl sites for hydroxylation is 1. The summed E-state index contributed by atoms with van der Waals surface area (Å²) in [5.41, 5.74) is 1.43. The quantitative estimate of drug-likeness (QED) is 0.660. The standard InChI is InChI=1S/C17H13N3O2/c1-3-8-20-16(19)14(10-18)13(17(20)22)9-15(21)12-6-4-11(2)5-7-12/h1,4-7,9,19,21H,8H2,2H3/b15-9-,19-16?. The third kappa shape index (κ3) is 2.61. The van der Waals surface area contributed by atoms with Crippen molar-refractivity contribution < 1.29 is 9.90 Å². The number of nitrogens with zero attached hydrogens (tertiary/aromatic N) is 2. The molecule has 5 nitrogen and oxygen atoms in total. The Morgan fingerprint density at radius 2 is 2.09 bits per heavy atom. The number of hydrogen-bond donors (Lipinski definition) is 2. The highest BCUT2D eigenvalue weighted by Gasteiger charge is 2.34. The Balaban J connectivity index is 2.44. The van der Waals surface area contributed by atoms with Crippen LogP contribution in [0.2, 0.25) is 0 Å². The van der Waals surface area contributed by atoms with Crippen molar-refractivity contribution in [1.29, 1.82) is 10.7 Å². The van der Waals surface area contributed by atoms with Crippen molar-refractivity contribution in [3.05, 3.63) is 52.6 Å². The van der Waals surface area contributed by atoms with Gasteiger partial charge in [0, 0.05) is 5.56 Å². The van der Waals surface area contributed by atoms with E-state index in [-0.39, 0.29) is 29.3 Å². The first-order valence-corrected chi connectivity index (χ1v) is 6.46. The highest BCUT2D eigenvalue weighted by molar-refractivity contribution is 6.24. The smallest absolute Gasteiger partial charge is 0.261 e. The van der Waals surface area contributed by atoms with Gasteiger partial charge >= 0.3 is 0 Å². The molecular formula is C17H13N3O2. The molecule has 0 fully saturated rings. The van der Waals surface area contributed by atoms with Crippen molar-refractivity contribution in [1.82, 2.24) is 4.90 Å². The maximum absolute atomic E-state index is 12.2. The normalized spacial score (nSPS) is 15.0. The van der Waals surface area contributed by atoms with Gasteiger partial charge in [0.05, 0.1) is 12.1 Å². The SMILES string of the molecule is C#CCN1C(=N)C(C#N)=C(/C=C(\O)c2ccc(C)cc2)C1=O. The first-order chi connectivity index (χ1) is 10.5. The van der Waals surface area contributed by atoms with E-state index in [1.807, 2.05) is 25.1 Å². The molecule has 1 aliphatic rings. The fourth-order valence-electron chi connectivity index (χ4n) is 2.05. The number of aliphatic hydroxyl groups excluding tert-OH is 1. The first kappa shape index (κ1) is 15.1. The van der Waals surface area contributed by atoms with Gasteiger partial charge in [0.1, 0.15) is 23.2 Å². The minimum atomic E-state index is -0.557. The summed E-state index contributed by atoms with van der Waals surface area (Å²) >= 11 is 0. The summed E-state index contributed by atoms with van der Waals surface area (Å²) in [5.74, 6) is 1.33. The van der Waals surface area contributed by atoms with Crippen LogP contribution >= 0.6 is 0 Å². The minimum Gasteiger partial charge on any atom is -0.507 e. The van der Waals surface area contributed by atoms with E-state index in [0.717, 1.165) is 10.5 Å². The summed E-state index contributed by atoms with van der Waals surface area (Å²) in [6.45, 7) is 1.83. The van der Waals surface area contributed by atoms with Crippen LogP contribution in [0.15, 0.2) is 41.5 Å². The zero-order chi connectivity index (χ0) is 16.3. The molecule has 1 amide bonds. The number of amidine groups is 1. The average molecular weight is 291 g/mol. The van der Waals surface area contributed by atoms with Crippen LogP contribution in [-0.2, 0) is 4.79 Å². The van der Waals surface area contributed by atoms with Crippen molar-refractivity contribution in [2.75, 3.05) is 6.54 Å². The van der Waals surface area contributed by atoms with Crippen LogP contribution in [0.5, 0.6) is 0 Å². The lowest BCUT2D eigenvalue weighted by Crippen LogP contribution is -2.31. The summed E-state index contributed by atoms with van der Waals surface area (Å²) < 4.78 is 0. The Kier molecular flexibility index (Phi) is 4.11. The van der Waals surface area contributed by atoms with Gasteiger partial charge in [-0.1, -0.05) is 35.7 Å². The number of benzene rings is 1. The third-order valence-electron chi connectivity index (χ3n) is 3.24. The topological polar surface area (TPSA) is 88.2 Å². The van der Waals surface area contributed by atoms with Gasteiger partial charge in [-0.3, -0.25) is 15.1 Å².